The summed E-state index contributed by atoms with van der Waals surface area (Å²) in [6.07, 6.45) is 3.12. The van der Waals surface area contributed by atoms with Crippen molar-refractivity contribution in [1.29, 1.82) is 0 Å². The fourth-order valence-electron chi connectivity index (χ4n) is 3.97. The van der Waals surface area contributed by atoms with Crippen LogP contribution in [0.25, 0.3) is 16.8 Å². The summed E-state index contributed by atoms with van der Waals surface area (Å²) < 4.78 is 43.7. The van der Waals surface area contributed by atoms with Crippen LogP contribution in [-0.2, 0) is 21.1 Å². The van der Waals surface area contributed by atoms with Gasteiger partial charge in [0.15, 0.2) is 15.5 Å². The summed E-state index contributed by atoms with van der Waals surface area (Å²) in [5.74, 6) is 0.132. The summed E-state index contributed by atoms with van der Waals surface area (Å²) in [5.41, 5.74) is 4.31. The standard InChI is InChI=1S/C28H24FN5O4S/c1-38-25-16-23(39(2,36)37)12-13-24(25)31-28-32-26-14-7-20(17-34(26)33-28)19-5-10-22(11-6-19)30-27(35)15-18-3-8-21(29)9-4-18/h3-14,16-17H,15H2,1-2H3,(H,30,35)(H,31,33). The van der Waals surface area contributed by atoms with Crippen LogP contribution in [0.5, 0.6) is 5.75 Å². The van der Waals surface area contributed by atoms with E-state index in [1.807, 2.05) is 42.6 Å². The smallest absolute Gasteiger partial charge is 0.247 e. The van der Waals surface area contributed by atoms with E-state index in [9.17, 15) is 17.6 Å². The van der Waals surface area contributed by atoms with E-state index < -0.39 is 9.84 Å². The third-order valence-electron chi connectivity index (χ3n) is 5.96. The van der Waals surface area contributed by atoms with E-state index in [1.165, 1.54) is 31.4 Å². The molecule has 0 fully saturated rings. The van der Waals surface area contributed by atoms with Gasteiger partial charge in [-0.15, -0.1) is 5.10 Å². The van der Waals surface area contributed by atoms with Crippen LogP contribution in [0.1, 0.15) is 5.56 Å². The van der Waals surface area contributed by atoms with Crippen LogP contribution in [0.2, 0.25) is 0 Å². The normalized spacial score (nSPS) is 11.4. The van der Waals surface area contributed by atoms with Crippen molar-refractivity contribution >= 4 is 38.7 Å². The van der Waals surface area contributed by atoms with Crippen molar-refractivity contribution in [2.75, 3.05) is 24.0 Å². The maximum atomic E-state index is 13.1. The number of carbonyl (C=O) groups is 1. The molecule has 0 saturated carbocycles. The molecule has 0 aliphatic carbocycles. The van der Waals surface area contributed by atoms with Gasteiger partial charge in [-0.3, -0.25) is 4.79 Å². The molecule has 2 aromatic heterocycles. The molecule has 1 amide bonds. The fraction of sp³-hybridized carbons (Fsp3) is 0.107. The summed E-state index contributed by atoms with van der Waals surface area (Å²) >= 11 is 0. The number of hydrogen-bond donors (Lipinski definition) is 2. The van der Waals surface area contributed by atoms with Gasteiger partial charge in [0, 0.05) is 29.8 Å². The van der Waals surface area contributed by atoms with Crippen molar-refractivity contribution in [3.8, 4) is 16.9 Å². The molecule has 0 unspecified atom stereocenters. The van der Waals surface area contributed by atoms with Gasteiger partial charge >= 0.3 is 0 Å². The van der Waals surface area contributed by atoms with Crippen LogP contribution in [0.15, 0.2) is 90.0 Å². The lowest BCUT2D eigenvalue weighted by Crippen LogP contribution is -2.14. The topological polar surface area (TPSA) is 115 Å². The monoisotopic (exact) mass is 545 g/mol. The van der Waals surface area contributed by atoms with Gasteiger partial charge in [0.25, 0.3) is 0 Å². The minimum Gasteiger partial charge on any atom is -0.495 e. The van der Waals surface area contributed by atoms with Crippen LogP contribution in [0.3, 0.4) is 0 Å². The van der Waals surface area contributed by atoms with Gasteiger partial charge in [0.05, 0.1) is 24.1 Å². The highest BCUT2D eigenvalue weighted by atomic mass is 32.2. The number of nitrogens with one attached hydrogen (secondary N) is 2. The number of amides is 1. The Balaban J connectivity index is 1.29. The number of hydrogen-bond acceptors (Lipinski definition) is 7. The highest BCUT2D eigenvalue weighted by Crippen LogP contribution is 2.30. The summed E-state index contributed by atoms with van der Waals surface area (Å²) in [7, 11) is -1.92. The van der Waals surface area contributed by atoms with Crippen LogP contribution in [0, 0.1) is 5.82 Å². The number of halogens is 1. The second kappa shape index (κ2) is 10.5. The maximum absolute atomic E-state index is 13.1. The first-order valence-electron chi connectivity index (χ1n) is 11.8. The van der Waals surface area contributed by atoms with Crippen molar-refractivity contribution in [3.63, 3.8) is 0 Å². The van der Waals surface area contributed by atoms with Crippen LogP contribution in [-0.4, -0.2) is 42.3 Å². The largest absolute Gasteiger partial charge is 0.495 e. The van der Waals surface area contributed by atoms with Gasteiger partial charge in [-0.1, -0.05) is 24.3 Å². The molecule has 0 atom stereocenters. The van der Waals surface area contributed by atoms with E-state index in [4.69, 9.17) is 4.74 Å². The molecular weight excluding hydrogens is 521 g/mol. The highest BCUT2D eigenvalue weighted by Gasteiger charge is 2.14. The quantitative estimate of drug-likeness (QED) is 0.286. The summed E-state index contributed by atoms with van der Waals surface area (Å²) in [6, 6.07) is 21.5. The Morgan fingerprint density at radius 2 is 1.69 bits per heavy atom. The van der Waals surface area contributed by atoms with Crippen LogP contribution in [0.4, 0.5) is 21.7 Å². The van der Waals surface area contributed by atoms with Gasteiger partial charge < -0.3 is 15.4 Å². The molecule has 39 heavy (non-hydrogen) atoms. The Hall–Kier alpha value is -4.77. The van der Waals surface area contributed by atoms with E-state index in [1.54, 1.807) is 22.7 Å². The first-order chi connectivity index (χ1) is 18.7. The van der Waals surface area contributed by atoms with Crippen molar-refractivity contribution in [3.05, 3.63) is 96.4 Å². The zero-order valence-corrected chi connectivity index (χ0v) is 21.9. The molecule has 0 bridgehead atoms. The van der Waals surface area contributed by atoms with Gasteiger partial charge in [-0.05, 0) is 59.7 Å². The number of benzene rings is 3. The molecule has 0 aliphatic heterocycles. The number of sulfone groups is 1. The highest BCUT2D eigenvalue weighted by molar-refractivity contribution is 7.90. The van der Waals surface area contributed by atoms with Gasteiger partial charge in [0.2, 0.25) is 11.9 Å². The minimum absolute atomic E-state index is 0.148. The number of ether oxygens (including phenoxy) is 1. The SMILES string of the molecule is COc1cc(S(C)(=O)=O)ccc1Nc1nc2ccc(-c3ccc(NC(=O)Cc4ccc(F)cc4)cc3)cn2n1. The average molecular weight is 546 g/mol. The van der Waals surface area contributed by atoms with E-state index >= 15 is 0 Å². The Morgan fingerprint density at radius 3 is 2.38 bits per heavy atom. The number of fused-ring (bicyclic) bond motifs is 1. The van der Waals surface area contributed by atoms with Crippen molar-refractivity contribution in [1.82, 2.24) is 14.6 Å². The molecule has 2 heterocycles. The van der Waals surface area contributed by atoms with Crippen molar-refractivity contribution in [2.45, 2.75) is 11.3 Å². The predicted octanol–water partition coefficient (Wildman–Crippen LogP) is 4.87. The van der Waals surface area contributed by atoms with E-state index in [0.29, 0.717) is 28.7 Å². The lowest BCUT2D eigenvalue weighted by Gasteiger charge is -2.10. The molecule has 0 spiro atoms. The Bertz CT molecular complexity index is 1770. The number of anilines is 3. The van der Waals surface area contributed by atoms with Crippen LogP contribution < -0.4 is 15.4 Å². The molecule has 2 N–H and O–H groups in total. The third-order valence-corrected chi connectivity index (χ3v) is 7.07. The summed E-state index contributed by atoms with van der Waals surface area (Å²) in [6.45, 7) is 0. The lowest BCUT2D eigenvalue weighted by molar-refractivity contribution is -0.115. The molecule has 198 valence electrons. The fourth-order valence-corrected chi connectivity index (χ4v) is 4.61. The first-order valence-corrected chi connectivity index (χ1v) is 13.7. The van der Waals surface area contributed by atoms with E-state index in [2.05, 4.69) is 20.7 Å². The maximum Gasteiger partial charge on any atom is 0.247 e. The van der Waals surface area contributed by atoms with Crippen LogP contribution >= 0.6 is 0 Å². The molecule has 3 aromatic carbocycles. The molecule has 9 nitrogen and oxygen atoms in total. The van der Waals surface area contributed by atoms with Crippen molar-refractivity contribution < 1.29 is 22.3 Å². The number of nitrogens with zero attached hydrogens (tertiary/aromatic N) is 3. The zero-order valence-electron chi connectivity index (χ0n) is 21.1. The number of pyridine rings is 1. The van der Waals surface area contributed by atoms with E-state index in [0.717, 1.165) is 22.9 Å². The van der Waals surface area contributed by atoms with E-state index in [-0.39, 0.29) is 23.0 Å². The Kier molecular flexibility index (Phi) is 6.99. The third kappa shape index (κ3) is 6.04. The number of carbonyl (C=O) groups excluding carboxylic acids is 1. The second-order valence-corrected chi connectivity index (χ2v) is 10.9. The Labute approximate surface area is 224 Å². The predicted molar refractivity (Wildman–Crippen MR) is 147 cm³/mol. The molecule has 11 heteroatoms. The second-order valence-electron chi connectivity index (χ2n) is 8.84. The minimum atomic E-state index is -3.38. The molecule has 5 rings (SSSR count). The lowest BCUT2D eigenvalue weighted by atomic mass is 10.1. The van der Waals surface area contributed by atoms with Gasteiger partial charge in [0.1, 0.15) is 11.6 Å². The summed E-state index contributed by atoms with van der Waals surface area (Å²) in [4.78, 5) is 17.0. The molecule has 0 saturated heterocycles. The van der Waals surface area contributed by atoms with Crippen molar-refractivity contribution in [2.24, 2.45) is 0 Å². The number of rotatable bonds is 8. The molecule has 0 aliphatic rings. The molecule has 0 radical (unpaired) electrons. The van der Waals surface area contributed by atoms with Gasteiger partial charge in [-0.25, -0.2) is 17.3 Å². The first kappa shape index (κ1) is 25.9. The summed E-state index contributed by atoms with van der Waals surface area (Å²) in [5, 5.41) is 10.4. The zero-order chi connectivity index (χ0) is 27.6. The molecular formula is C28H24FN5O4S. The number of methoxy groups -OCH3 is 1. The number of aromatic nitrogens is 3. The van der Waals surface area contributed by atoms with Gasteiger partial charge in [-0.2, -0.15) is 4.98 Å². The Morgan fingerprint density at radius 1 is 0.974 bits per heavy atom. The molecule has 5 aromatic rings. The average Bonchev–Trinajstić information content (AvgIpc) is 3.31.